The fourth-order valence-electron chi connectivity index (χ4n) is 1.60. The second kappa shape index (κ2) is 6.19. The number of aromatic nitrogens is 3. The summed E-state index contributed by atoms with van der Waals surface area (Å²) in [5, 5.41) is 16.0. The average molecular weight is 311 g/mol. The van der Waals surface area contributed by atoms with Crippen molar-refractivity contribution in [3.8, 4) is 0 Å². The summed E-state index contributed by atoms with van der Waals surface area (Å²) in [4.78, 5) is 24.1. The van der Waals surface area contributed by atoms with E-state index in [9.17, 15) is 14.7 Å². The lowest BCUT2D eigenvalue weighted by Crippen LogP contribution is -2.13. The molecule has 0 spiro atoms. The Morgan fingerprint density at radius 2 is 2.15 bits per heavy atom. The molecule has 0 aliphatic carbocycles. The predicted molar refractivity (Wildman–Crippen MR) is 77.8 cm³/mol. The number of carboxylic acid groups (broad SMARTS) is 1. The molecule has 0 atom stereocenters. The molecule has 0 saturated carbocycles. The van der Waals surface area contributed by atoms with Gasteiger partial charge in [-0.2, -0.15) is 0 Å². The zero-order valence-corrected chi connectivity index (χ0v) is 12.5. The van der Waals surface area contributed by atoms with Crippen molar-refractivity contribution in [3.63, 3.8) is 0 Å². The first-order valence-electron chi connectivity index (χ1n) is 5.83. The van der Waals surface area contributed by atoms with Crippen LogP contribution in [0.1, 0.15) is 17.3 Å². The topological polar surface area (TPSA) is 88.0 Å². The van der Waals surface area contributed by atoms with Crippen molar-refractivity contribution < 1.29 is 9.90 Å². The van der Waals surface area contributed by atoms with Gasteiger partial charge in [-0.25, -0.2) is 14.7 Å². The highest BCUT2D eigenvalue weighted by molar-refractivity contribution is 8.00. The molecule has 6 nitrogen and oxygen atoms in total. The molecule has 1 aromatic carbocycles. The van der Waals surface area contributed by atoms with E-state index in [-0.39, 0.29) is 11.3 Å². The van der Waals surface area contributed by atoms with Crippen LogP contribution in [0.3, 0.4) is 0 Å². The molecule has 2 rings (SSSR count). The third kappa shape index (κ3) is 2.91. The van der Waals surface area contributed by atoms with E-state index in [1.165, 1.54) is 16.3 Å². The van der Waals surface area contributed by atoms with Crippen LogP contribution in [0.25, 0.3) is 0 Å². The van der Waals surface area contributed by atoms with E-state index in [4.69, 9.17) is 0 Å². The van der Waals surface area contributed by atoms with Crippen molar-refractivity contribution in [2.45, 2.75) is 21.9 Å². The maximum Gasteiger partial charge on any atom is 0.343 e. The Morgan fingerprint density at radius 3 is 2.70 bits per heavy atom. The lowest BCUT2D eigenvalue weighted by atomic mass is 10.2. The molecule has 0 aliphatic rings. The average Bonchev–Trinajstić information content (AvgIpc) is 2.71. The third-order valence-electron chi connectivity index (χ3n) is 2.54. The Balaban J connectivity index is 2.46. The lowest BCUT2D eigenvalue weighted by molar-refractivity contribution is 0.0689. The third-order valence-corrected chi connectivity index (χ3v) is 4.59. The summed E-state index contributed by atoms with van der Waals surface area (Å²) in [6.07, 6.45) is 0. The summed E-state index contributed by atoms with van der Waals surface area (Å²) in [6, 6.07) is 5.30. The van der Waals surface area contributed by atoms with Gasteiger partial charge in [0.25, 0.3) is 0 Å². The van der Waals surface area contributed by atoms with Crippen LogP contribution in [0.2, 0.25) is 0 Å². The summed E-state index contributed by atoms with van der Waals surface area (Å²) < 4.78 is 1.34. The van der Waals surface area contributed by atoms with Gasteiger partial charge in [0.05, 0.1) is 5.56 Å². The van der Waals surface area contributed by atoms with Gasteiger partial charge in [-0.1, -0.05) is 13.0 Å². The number of H-pyrrole nitrogens is 1. The fraction of sp³-hybridized carbons (Fsp3) is 0.250. The normalized spacial score (nSPS) is 10.7. The van der Waals surface area contributed by atoms with E-state index in [0.717, 1.165) is 17.5 Å². The number of benzene rings is 1. The van der Waals surface area contributed by atoms with Gasteiger partial charge < -0.3 is 5.11 Å². The van der Waals surface area contributed by atoms with Gasteiger partial charge in [0.2, 0.25) is 0 Å². The fourth-order valence-corrected chi connectivity index (χ4v) is 3.45. The molecule has 2 aromatic rings. The lowest BCUT2D eigenvalue weighted by Gasteiger charge is -2.09. The van der Waals surface area contributed by atoms with Gasteiger partial charge >= 0.3 is 11.7 Å². The number of carboxylic acids is 1. The van der Waals surface area contributed by atoms with E-state index in [2.05, 4.69) is 10.2 Å². The molecule has 0 radical (unpaired) electrons. The summed E-state index contributed by atoms with van der Waals surface area (Å²) in [5.74, 6) is -0.195. The van der Waals surface area contributed by atoms with Crippen LogP contribution in [0.4, 0.5) is 0 Å². The standard InChI is InChI=1S/C12H13N3O3S2/c1-3-19-7-5-4-6-8(9(7)10(16)17)20-12-14-13-11(18)15(12)2/h4-6H,3H2,1-2H3,(H,13,18)(H,16,17). The first-order chi connectivity index (χ1) is 9.54. The largest absolute Gasteiger partial charge is 0.478 e. The van der Waals surface area contributed by atoms with Gasteiger partial charge in [-0.05, 0) is 29.6 Å². The van der Waals surface area contributed by atoms with Gasteiger partial charge in [-0.3, -0.25) is 4.57 Å². The number of aromatic carboxylic acids is 1. The van der Waals surface area contributed by atoms with Crippen molar-refractivity contribution in [2.75, 3.05) is 5.75 Å². The van der Waals surface area contributed by atoms with Crippen LogP contribution in [0, 0.1) is 0 Å². The monoisotopic (exact) mass is 311 g/mol. The van der Waals surface area contributed by atoms with Crippen molar-refractivity contribution in [1.29, 1.82) is 0 Å². The van der Waals surface area contributed by atoms with Crippen molar-refractivity contribution in [3.05, 3.63) is 34.2 Å². The summed E-state index contributed by atoms with van der Waals surface area (Å²) in [5.41, 5.74) is -0.0803. The van der Waals surface area contributed by atoms with Crippen molar-refractivity contribution in [2.24, 2.45) is 7.05 Å². The highest BCUT2D eigenvalue weighted by atomic mass is 32.2. The van der Waals surface area contributed by atoms with E-state index >= 15 is 0 Å². The van der Waals surface area contributed by atoms with Crippen LogP contribution >= 0.6 is 23.5 Å². The minimum atomic E-state index is -0.982. The molecule has 0 amide bonds. The molecule has 0 saturated heterocycles. The molecule has 0 aliphatic heterocycles. The molecule has 1 heterocycles. The molecule has 106 valence electrons. The highest BCUT2D eigenvalue weighted by Crippen LogP contribution is 2.34. The zero-order valence-electron chi connectivity index (χ0n) is 10.9. The Labute approximate surface area is 123 Å². The second-order valence-electron chi connectivity index (χ2n) is 3.84. The Hall–Kier alpha value is -1.67. The molecule has 1 aromatic heterocycles. The van der Waals surface area contributed by atoms with E-state index in [1.807, 2.05) is 6.92 Å². The number of carbonyl (C=O) groups is 1. The second-order valence-corrected chi connectivity index (χ2v) is 6.15. The molecular weight excluding hydrogens is 298 g/mol. The predicted octanol–water partition coefficient (Wildman–Crippen LogP) is 2.07. The Bertz CT molecular complexity index is 693. The molecule has 2 N–H and O–H groups in total. The molecule has 0 unspecified atom stereocenters. The summed E-state index contributed by atoms with van der Waals surface area (Å²) in [6.45, 7) is 1.97. The molecule has 0 bridgehead atoms. The highest BCUT2D eigenvalue weighted by Gasteiger charge is 2.18. The van der Waals surface area contributed by atoms with Gasteiger partial charge in [0, 0.05) is 16.8 Å². The maximum atomic E-state index is 11.5. The number of hydrogen-bond donors (Lipinski definition) is 2. The number of aromatic amines is 1. The first kappa shape index (κ1) is 14.7. The molecular formula is C12H13N3O3S2. The molecule has 20 heavy (non-hydrogen) atoms. The minimum absolute atomic E-state index is 0.250. The Kier molecular flexibility index (Phi) is 4.56. The van der Waals surface area contributed by atoms with Crippen LogP contribution in [-0.2, 0) is 7.05 Å². The quantitative estimate of drug-likeness (QED) is 0.822. The number of thioether (sulfide) groups is 1. The van der Waals surface area contributed by atoms with Crippen LogP contribution in [0.15, 0.2) is 37.9 Å². The van der Waals surface area contributed by atoms with Gasteiger partial charge in [0.15, 0.2) is 5.16 Å². The number of hydrogen-bond acceptors (Lipinski definition) is 5. The summed E-state index contributed by atoms with van der Waals surface area (Å²) >= 11 is 2.63. The molecule has 8 heteroatoms. The van der Waals surface area contributed by atoms with E-state index < -0.39 is 5.97 Å². The van der Waals surface area contributed by atoms with Crippen molar-refractivity contribution >= 4 is 29.5 Å². The SMILES string of the molecule is CCSc1cccc(Sc2n[nH]c(=O)n2C)c1C(=O)O. The first-order valence-corrected chi connectivity index (χ1v) is 7.63. The smallest absolute Gasteiger partial charge is 0.343 e. The van der Waals surface area contributed by atoms with Crippen LogP contribution in [0.5, 0.6) is 0 Å². The van der Waals surface area contributed by atoms with Gasteiger partial charge in [-0.15, -0.1) is 16.9 Å². The molecule has 0 fully saturated rings. The minimum Gasteiger partial charge on any atom is -0.478 e. The van der Waals surface area contributed by atoms with E-state index in [0.29, 0.717) is 14.9 Å². The maximum absolute atomic E-state index is 11.5. The number of nitrogens with zero attached hydrogens (tertiary/aromatic N) is 2. The zero-order chi connectivity index (χ0) is 14.7. The van der Waals surface area contributed by atoms with E-state index in [1.54, 1.807) is 25.2 Å². The summed E-state index contributed by atoms with van der Waals surface area (Å²) in [7, 11) is 1.58. The van der Waals surface area contributed by atoms with Crippen LogP contribution in [-0.4, -0.2) is 31.6 Å². The Morgan fingerprint density at radius 1 is 1.45 bits per heavy atom. The van der Waals surface area contributed by atoms with Gasteiger partial charge in [0.1, 0.15) is 0 Å². The number of nitrogens with one attached hydrogen (secondary N) is 1. The van der Waals surface area contributed by atoms with Crippen LogP contribution < -0.4 is 5.69 Å². The van der Waals surface area contributed by atoms with Crippen molar-refractivity contribution in [1.82, 2.24) is 14.8 Å². The number of rotatable bonds is 5.